The highest BCUT2D eigenvalue weighted by atomic mass is 35.5. The number of carbonyl (C=O) groups is 2. The molecule has 0 spiro atoms. The third-order valence-corrected chi connectivity index (χ3v) is 8.31. The molecule has 9 heteroatoms. The van der Waals surface area contributed by atoms with Gasteiger partial charge in [-0.05, 0) is 60.7 Å². The minimum Gasteiger partial charge on any atom is -0.357 e. The zero-order valence-corrected chi connectivity index (χ0v) is 24.4. The number of nitrogens with zero attached hydrogens (tertiary/aromatic N) is 2. The minimum atomic E-state index is -3.57. The van der Waals surface area contributed by atoms with Crippen molar-refractivity contribution in [3.8, 4) is 0 Å². The van der Waals surface area contributed by atoms with Gasteiger partial charge in [-0.3, -0.25) is 13.9 Å². The summed E-state index contributed by atoms with van der Waals surface area (Å²) in [6.45, 7) is 4.18. The van der Waals surface area contributed by atoms with Crippen LogP contribution in [0, 0.1) is 13.8 Å². The number of hydrogen-bond donors (Lipinski definition) is 1. The molecule has 7 nitrogen and oxygen atoms in total. The molecule has 0 aliphatic carbocycles. The van der Waals surface area contributed by atoms with E-state index in [1.807, 2.05) is 74.5 Å². The molecule has 0 fully saturated rings. The molecule has 0 radical (unpaired) electrons. The molecule has 208 valence electrons. The zero-order chi connectivity index (χ0) is 28.6. The molecule has 0 aromatic heterocycles. The summed E-state index contributed by atoms with van der Waals surface area (Å²) in [5.74, 6) is -0.542. The Bertz CT molecular complexity index is 1400. The lowest BCUT2D eigenvalue weighted by Crippen LogP contribution is -2.49. The van der Waals surface area contributed by atoms with Crippen molar-refractivity contribution in [1.29, 1.82) is 0 Å². The van der Waals surface area contributed by atoms with Gasteiger partial charge in [0.15, 0.2) is 0 Å². The van der Waals surface area contributed by atoms with Crippen molar-refractivity contribution in [3.63, 3.8) is 0 Å². The van der Waals surface area contributed by atoms with Crippen LogP contribution in [0.5, 0.6) is 0 Å². The highest BCUT2D eigenvalue weighted by Gasteiger charge is 2.30. The summed E-state index contributed by atoms with van der Waals surface area (Å²) in [5, 5.41) is 3.20. The maximum atomic E-state index is 13.7. The minimum absolute atomic E-state index is 0.0591. The zero-order valence-electron chi connectivity index (χ0n) is 22.9. The van der Waals surface area contributed by atoms with E-state index in [1.165, 1.54) is 4.31 Å². The number of aryl methyl sites for hydroxylation is 2. The first-order valence-corrected chi connectivity index (χ1v) is 15.1. The third-order valence-electron chi connectivity index (χ3n) is 6.75. The lowest BCUT2D eigenvalue weighted by atomic mass is 10.0. The Hall–Kier alpha value is -3.36. The molecular weight excluding hydrogens is 534 g/mol. The first kappa shape index (κ1) is 30.2. The van der Waals surface area contributed by atoms with Gasteiger partial charge in [-0.25, -0.2) is 8.42 Å². The molecule has 1 atom stereocenters. The van der Waals surface area contributed by atoms with Crippen molar-refractivity contribution in [1.82, 2.24) is 10.2 Å². The highest BCUT2D eigenvalue weighted by molar-refractivity contribution is 7.92. The Morgan fingerprint density at radius 1 is 0.949 bits per heavy atom. The largest absolute Gasteiger partial charge is 0.357 e. The van der Waals surface area contributed by atoms with E-state index in [2.05, 4.69) is 5.32 Å². The average Bonchev–Trinajstić information content (AvgIpc) is 2.90. The number of likely N-dealkylation sites (N-methyl/N-ethyl adjacent to an activating group) is 1. The number of benzene rings is 3. The van der Waals surface area contributed by atoms with E-state index in [1.54, 1.807) is 24.1 Å². The standard InChI is InChI=1S/C30H36ClN3O4S/c1-22-16-17-26(19-23(22)2)34(39(4,37)38)18-10-15-29(35)33(21-25-13-8-9-14-27(25)31)28(30(36)32-3)20-24-11-6-5-7-12-24/h5-9,11-14,16-17,19,28H,10,15,18,20-21H2,1-4H3,(H,32,36). The van der Waals surface area contributed by atoms with Crippen molar-refractivity contribution >= 4 is 39.1 Å². The van der Waals surface area contributed by atoms with E-state index in [-0.39, 0.29) is 37.7 Å². The summed E-state index contributed by atoms with van der Waals surface area (Å²) in [7, 11) is -2.02. The van der Waals surface area contributed by atoms with Gasteiger partial charge in [0, 0.05) is 38.0 Å². The van der Waals surface area contributed by atoms with Crippen LogP contribution < -0.4 is 9.62 Å². The fourth-order valence-electron chi connectivity index (χ4n) is 4.42. The van der Waals surface area contributed by atoms with Crippen molar-refractivity contribution < 1.29 is 18.0 Å². The van der Waals surface area contributed by atoms with Crippen LogP contribution in [0.1, 0.15) is 35.1 Å². The van der Waals surface area contributed by atoms with E-state index in [0.29, 0.717) is 17.1 Å². The van der Waals surface area contributed by atoms with Crippen molar-refractivity contribution in [2.24, 2.45) is 0 Å². The van der Waals surface area contributed by atoms with Gasteiger partial charge in [0.2, 0.25) is 21.8 Å². The molecule has 1 unspecified atom stereocenters. The highest BCUT2D eigenvalue weighted by Crippen LogP contribution is 2.24. The molecule has 3 rings (SSSR count). The molecular formula is C30H36ClN3O4S. The number of nitrogens with one attached hydrogen (secondary N) is 1. The number of amides is 2. The van der Waals surface area contributed by atoms with E-state index in [9.17, 15) is 18.0 Å². The van der Waals surface area contributed by atoms with Crippen LogP contribution >= 0.6 is 11.6 Å². The SMILES string of the molecule is CNC(=O)C(Cc1ccccc1)N(Cc1ccccc1Cl)C(=O)CCCN(c1ccc(C)c(C)c1)S(C)(=O)=O. The monoisotopic (exact) mass is 569 g/mol. The van der Waals surface area contributed by atoms with Gasteiger partial charge in [-0.2, -0.15) is 0 Å². The average molecular weight is 570 g/mol. The predicted octanol–water partition coefficient (Wildman–Crippen LogP) is 4.89. The molecule has 2 amide bonds. The van der Waals surface area contributed by atoms with Crippen molar-refractivity contribution in [2.45, 2.75) is 45.7 Å². The normalized spacial score (nSPS) is 12.0. The van der Waals surface area contributed by atoms with Gasteiger partial charge in [0.25, 0.3) is 0 Å². The summed E-state index contributed by atoms with van der Waals surface area (Å²) in [4.78, 5) is 28.3. The summed E-state index contributed by atoms with van der Waals surface area (Å²) in [6.07, 6.45) is 1.83. The van der Waals surface area contributed by atoms with E-state index in [4.69, 9.17) is 11.6 Å². The molecule has 0 aliphatic rings. The predicted molar refractivity (Wildman–Crippen MR) is 157 cm³/mol. The summed E-state index contributed by atoms with van der Waals surface area (Å²) in [6, 6.07) is 21.5. The second-order valence-electron chi connectivity index (χ2n) is 9.64. The Morgan fingerprint density at radius 2 is 1.62 bits per heavy atom. The lowest BCUT2D eigenvalue weighted by Gasteiger charge is -2.32. The van der Waals surface area contributed by atoms with Gasteiger partial charge < -0.3 is 10.2 Å². The molecule has 3 aromatic rings. The van der Waals surface area contributed by atoms with Crippen LogP contribution in [0.25, 0.3) is 0 Å². The van der Waals surface area contributed by atoms with Crippen LogP contribution in [-0.2, 0) is 32.6 Å². The Kier molecular flexibility index (Phi) is 10.5. The van der Waals surface area contributed by atoms with Crippen molar-refractivity contribution in [2.75, 3.05) is 24.2 Å². The van der Waals surface area contributed by atoms with E-state index < -0.39 is 16.1 Å². The number of carbonyl (C=O) groups excluding carboxylic acids is 2. The van der Waals surface area contributed by atoms with Crippen LogP contribution in [0.15, 0.2) is 72.8 Å². The fourth-order valence-corrected chi connectivity index (χ4v) is 5.57. The second kappa shape index (κ2) is 13.6. The quantitative estimate of drug-likeness (QED) is 0.336. The fraction of sp³-hybridized carbons (Fsp3) is 0.333. The van der Waals surface area contributed by atoms with Gasteiger partial charge >= 0.3 is 0 Å². The van der Waals surface area contributed by atoms with Gasteiger partial charge in [0.1, 0.15) is 6.04 Å². The van der Waals surface area contributed by atoms with Gasteiger partial charge in [-0.15, -0.1) is 0 Å². The molecule has 0 saturated carbocycles. The number of sulfonamides is 1. The number of halogens is 1. The van der Waals surface area contributed by atoms with Crippen LogP contribution in [0.3, 0.4) is 0 Å². The molecule has 39 heavy (non-hydrogen) atoms. The topological polar surface area (TPSA) is 86.8 Å². The Labute approximate surface area is 236 Å². The smallest absolute Gasteiger partial charge is 0.242 e. The van der Waals surface area contributed by atoms with E-state index >= 15 is 0 Å². The lowest BCUT2D eigenvalue weighted by molar-refractivity contribution is -0.141. The van der Waals surface area contributed by atoms with Crippen LogP contribution in [0.4, 0.5) is 5.69 Å². The van der Waals surface area contributed by atoms with Gasteiger partial charge in [0.05, 0.1) is 11.9 Å². The first-order chi connectivity index (χ1) is 18.5. The first-order valence-electron chi connectivity index (χ1n) is 12.8. The molecule has 0 aliphatic heterocycles. The Morgan fingerprint density at radius 3 is 2.23 bits per heavy atom. The molecule has 0 saturated heterocycles. The molecule has 1 N–H and O–H groups in total. The number of hydrogen-bond acceptors (Lipinski definition) is 4. The molecule has 0 heterocycles. The molecule has 0 bridgehead atoms. The van der Waals surface area contributed by atoms with E-state index in [0.717, 1.165) is 28.5 Å². The maximum absolute atomic E-state index is 13.7. The van der Waals surface area contributed by atoms with Gasteiger partial charge in [-0.1, -0.05) is 66.2 Å². The molecule has 3 aromatic carbocycles. The summed E-state index contributed by atoms with van der Waals surface area (Å²) < 4.78 is 26.6. The van der Waals surface area contributed by atoms with Crippen LogP contribution in [-0.4, -0.2) is 51.0 Å². The van der Waals surface area contributed by atoms with Crippen LogP contribution in [0.2, 0.25) is 5.02 Å². The number of rotatable bonds is 12. The maximum Gasteiger partial charge on any atom is 0.242 e. The Balaban J connectivity index is 1.86. The second-order valence-corrected chi connectivity index (χ2v) is 12.0. The summed E-state index contributed by atoms with van der Waals surface area (Å²) >= 11 is 6.43. The third kappa shape index (κ3) is 8.31. The van der Waals surface area contributed by atoms with Crippen molar-refractivity contribution in [3.05, 3.63) is 100 Å². The number of anilines is 1. The summed E-state index contributed by atoms with van der Waals surface area (Å²) in [5.41, 5.74) is 4.26.